The number of hydrogen-bond acceptors (Lipinski definition) is 4. The second-order valence-electron chi connectivity index (χ2n) is 8.65. The third kappa shape index (κ3) is 5.28. The predicted octanol–water partition coefficient (Wildman–Crippen LogP) is 7.62. The maximum absolute atomic E-state index is 5.94. The van der Waals surface area contributed by atoms with Crippen molar-refractivity contribution in [2.45, 2.75) is 27.7 Å². The molecule has 0 N–H and O–H groups in total. The molecule has 1 radical (unpaired) electrons. The van der Waals surface area contributed by atoms with Crippen LogP contribution >= 0.6 is 0 Å². The number of benzene rings is 2. The summed E-state index contributed by atoms with van der Waals surface area (Å²) >= 11 is 0. The van der Waals surface area contributed by atoms with Crippen LogP contribution in [0.15, 0.2) is 83.5 Å². The Labute approximate surface area is 224 Å². The standard InChI is InChI=1S/C17H11N2O.C14H14N.Ir/c1-11-8-9-13-12-5-4-6-14(15-7-2-3-10-18-15)16(12)20-17(13)19-11;1-10-4-6-13(7-5-10)14-8-11(2)12(3)9-15-14;/h2-5,7-10H,1H3;4-6,8-9H,1-3H3;/q2*-1;. The van der Waals surface area contributed by atoms with Crippen molar-refractivity contribution < 1.29 is 24.5 Å². The molecule has 2 aromatic carbocycles. The minimum Gasteiger partial charge on any atom is -0.486 e. The van der Waals surface area contributed by atoms with E-state index in [1.54, 1.807) is 6.20 Å². The minimum atomic E-state index is 0. The van der Waals surface area contributed by atoms with Gasteiger partial charge in [0, 0.05) is 43.6 Å². The Morgan fingerprint density at radius 3 is 2.36 bits per heavy atom. The van der Waals surface area contributed by atoms with Crippen LogP contribution in [0.5, 0.6) is 0 Å². The molecule has 181 valence electrons. The van der Waals surface area contributed by atoms with Crippen LogP contribution in [-0.2, 0) is 20.1 Å². The summed E-state index contributed by atoms with van der Waals surface area (Å²) in [6.07, 6.45) is 3.69. The fourth-order valence-electron chi connectivity index (χ4n) is 3.85. The third-order valence-electron chi connectivity index (χ3n) is 5.98. The first-order chi connectivity index (χ1) is 17.0. The monoisotopic (exact) mass is 648 g/mol. The van der Waals surface area contributed by atoms with E-state index in [1.165, 1.54) is 16.7 Å². The number of pyridine rings is 3. The molecule has 0 unspecified atom stereocenters. The Balaban J connectivity index is 0.000000172. The maximum atomic E-state index is 5.94. The van der Waals surface area contributed by atoms with Gasteiger partial charge >= 0.3 is 0 Å². The predicted molar refractivity (Wildman–Crippen MR) is 141 cm³/mol. The summed E-state index contributed by atoms with van der Waals surface area (Å²) in [7, 11) is 0. The SMILES string of the molecule is Cc1c[c-]c(-c2cc(C)c(C)cn2)cc1.Cc1ccc2c(n1)oc1c(-c3ccccn3)[c-]ccc12.[Ir]. The molecule has 0 amide bonds. The molecule has 6 aromatic rings. The van der Waals surface area contributed by atoms with E-state index in [9.17, 15) is 0 Å². The first kappa shape index (κ1) is 25.4. The van der Waals surface area contributed by atoms with Gasteiger partial charge in [-0.2, -0.15) is 0 Å². The van der Waals surface area contributed by atoms with Crippen LogP contribution in [0.3, 0.4) is 0 Å². The Bertz CT molecular complexity index is 1620. The smallest absolute Gasteiger partial charge is 0.216 e. The van der Waals surface area contributed by atoms with Crippen molar-refractivity contribution in [3.8, 4) is 22.5 Å². The van der Waals surface area contributed by atoms with E-state index in [0.717, 1.165) is 44.6 Å². The average molecular weight is 648 g/mol. The van der Waals surface area contributed by atoms with Gasteiger partial charge in [0.15, 0.2) is 0 Å². The molecule has 0 aliphatic heterocycles. The summed E-state index contributed by atoms with van der Waals surface area (Å²) in [5, 5.41) is 2.07. The van der Waals surface area contributed by atoms with E-state index < -0.39 is 0 Å². The van der Waals surface area contributed by atoms with Crippen molar-refractivity contribution >= 4 is 22.1 Å². The van der Waals surface area contributed by atoms with Crippen LogP contribution in [0.25, 0.3) is 44.6 Å². The van der Waals surface area contributed by atoms with Gasteiger partial charge in [0.25, 0.3) is 0 Å². The molecule has 0 spiro atoms. The van der Waals surface area contributed by atoms with Gasteiger partial charge in [0.1, 0.15) is 0 Å². The molecule has 0 fully saturated rings. The summed E-state index contributed by atoms with van der Waals surface area (Å²) in [5.74, 6) is 0. The molecule has 4 aromatic heterocycles. The molecule has 4 nitrogen and oxygen atoms in total. The van der Waals surface area contributed by atoms with Gasteiger partial charge in [-0.3, -0.25) is 0 Å². The molecule has 0 saturated carbocycles. The minimum absolute atomic E-state index is 0. The first-order valence-electron chi connectivity index (χ1n) is 11.5. The van der Waals surface area contributed by atoms with Crippen LogP contribution < -0.4 is 0 Å². The Kier molecular flexibility index (Phi) is 7.73. The van der Waals surface area contributed by atoms with Gasteiger partial charge < -0.3 is 14.4 Å². The second kappa shape index (κ2) is 10.9. The Morgan fingerprint density at radius 1 is 0.778 bits per heavy atom. The summed E-state index contributed by atoms with van der Waals surface area (Å²) in [6, 6.07) is 28.5. The molecule has 0 aliphatic rings. The number of rotatable bonds is 2. The quantitative estimate of drug-likeness (QED) is 0.182. The molecule has 0 bridgehead atoms. The van der Waals surface area contributed by atoms with E-state index in [2.05, 4.69) is 66.1 Å². The van der Waals surface area contributed by atoms with Crippen molar-refractivity contribution in [1.82, 2.24) is 15.0 Å². The normalized spacial score (nSPS) is 10.6. The summed E-state index contributed by atoms with van der Waals surface area (Å²) in [6.45, 7) is 8.20. The van der Waals surface area contributed by atoms with Crippen molar-refractivity contribution in [2.24, 2.45) is 0 Å². The molecule has 4 heterocycles. The Hall–Kier alpha value is -3.66. The molecular formula is C31H25IrN3O-2. The third-order valence-corrected chi connectivity index (χ3v) is 5.98. The maximum Gasteiger partial charge on any atom is 0.216 e. The fraction of sp³-hybridized carbons (Fsp3) is 0.129. The number of aromatic nitrogens is 3. The van der Waals surface area contributed by atoms with Gasteiger partial charge in [0.2, 0.25) is 5.71 Å². The van der Waals surface area contributed by atoms with Gasteiger partial charge in [-0.05, 0) is 55.9 Å². The molecule has 0 aliphatic carbocycles. The van der Waals surface area contributed by atoms with E-state index in [1.807, 2.05) is 61.7 Å². The topological polar surface area (TPSA) is 51.8 Å². The van der Waals surface area contributed by atoms with E-state index in [-0.39, 0.29) is 20.1 Å². The molecular weight excluding hydrogens is 623 g/mol. The second-order valence-corrected chi connectivity index (χ2v) is 8.65. The summed E-state index contributed by atoms with van der Waals surface area (Å²) in [4.78, 5) is 13.2. The van der Waals surface area contributed by atoms with Crippen molar-refractivity contribution in [1.29, 1.82) is 0 Å². The average Bonchev–Trinajstić information content (AvgIpc) is 3.25. The summed E-state index contributed by atoms with van der Waals surface area (Å²) in [5.41, 5.74) is 9.91. The number of fused-ring (bicyclic) bond motifs is 3. The number of nitrogens with zero attached hydrogens (tertiary/aromatic N) is 3. The van der Waals surface area contributed by atoms with E-state index in [0.29, 0.717) is 5.71 Å². The molecule has 5 heteroatoms. The zero-order valence-corrected chi connectivity index (χ0v) is 23.0. The van der Waals surface area contributed by atoms with Gasteiger partial charge in [-0.1, -0.05) is 41.6 Å². The van der Waals surface area contributed by atoms with Crippen molar-refractivity contribution in [2.75, 3.05) is 0 Å². The van der Waals surface area contributed by atoms with Crippen LogP contribution in [0.1, 0.15) is 22.4 Å². The zero-order chi connectivity index (χ0) is 24.4. The van der Waals surface area contributed by atoms with Gasteiger partial charge in [0.05, 0.1) is 5.58 Å². The molecule has 6 rings (SSSR count). The fourth-order valence-corrected chi connectivity index (χ4v) is 3.85. The number of furan rings is 1. The molecule has 0 atom stereocenters. The van der Waals surface area contributed by atoms with Crippen molar-refractivity contribution in [3.63, 3.8) is 0 Å². The van der Waals surface area contributed by atoms with Crippen LogP contribution in [0.4, 0.5) is 0 Å². The van der Waals surface area contributed by atoms with Crippen LogP contribution in [0.2, 0.25) is 0 Å². The zero-order valence-electron chi connectivity index (χ0n) is 20.6. The molecule has 36 heavy (non-hydrogen) atoms. The number of hydrogen-bond donors (Lipinski definition) is 0. The van der Waals surface area contributed by atoms with E-state index in [4.69, 9.17) is 4.42 Å². The van der Waals surface area contributed by atoms with Crippen LogP contribution in [0, 0.1) is 39.8 Å². The van der Waals surface area contributed by atoms with E-state index >= 15 is 0 Å². The van der Waals surface area contributed by atoms with Crippen LogP contribution in [-0.4, -0.2) is 15.0 Å². The van der Waals surface area contributed by atoms with Crippen molar-refractivity contribution in [3.05, 3.63) is 114 Å². The summed E-state index contributed by atoms with van der Waals surface area (Å²) < 4.78 is 5.94. The first-order valence-corrected chi connectivity index (χ1v) is 11.5. The van der Waals surface area contributed by atoms with Gasteiger partial charge in [-0.25, -0.2) is 4.98 Å². The van der Waals surface area contributed by atoms with Gasteiger partial charge in [-0.15, -0.1) is 53.6 Å². The molecule has 0 saturated heterocycles. The Morgan fingerprint density at radius 2 is 1.64 bits per heavy atom. The largest absolute Gasteiger partial charge is 0.486 e. The number of aryl methyl sites for hydroxylation is 4.